The molecule has 3 rings (SSSR count). The van der Waals surface area contributed by atoms with Crippen LogP contribution in [-0.4, -0.2) is 69.8 Å². The minimum Gasteiger partial charge on any atom is -0.465 e. The van der Waals surface area contributed by atoms with E-state index in [4.69, 9.17) is 9.84 Å². The second kappa shape index (κ2) is 9.41. The van der Waals surface area contributed by atoms with E-state index < -0.39 is 48.7 Å². The maximum atomic E-state index is 13.8. The van der Waals surface area contributed by atoms with Crippen LogP contribution in [0.4, 0.5) is 13.6 Å². The number of aromatic nitrogens is 2. The predicted molar refractivity (Wildman–Crippen MR) is 112 cm³/mol. The number of piperidine rings is 1. The van der Waals surface area contributed by atoms with Crippen molar-refractivity contribution in [1.29, 1.82) is 0 Å². The van der Waals surface area contributed by atoms with Gasteiger partial charge in [-0.15, -0.1) is 0 Å². The molecule has 2 aromatic rings. The summed E-state index contributed by atoms with van der Waals surface area (Å²) in [7, 11) is 2.55. The number of para-hydroxylation sites is 1. The third-order valence-electron chi connectivity index (χ3n) is 5.13. The quantitative estimate of drug-likeness (QED) is 0.373. The van der Waals surface area contributed by atoms with Crippen molar-refractivity contribution in [3.8, 4) is 11.8 Å². The minimum atomic E-state index is -3.38. The number of aryl methyl sites for hydroxylation is 1. The van der Waals surface area contributed by atoms with Crippen LogP contribution in [-0.2, 0) is 21.4 Å². The SMILES string of the molecule is CN(CC(F)(F)COCC#Cc1cccc2c1n(C)c(=O)n2C1CCC(=O)NC1=O)C(=O)O. The molecule has 0 spiro atoms. The van der Waals surface area contributed by atoms with Gasteiger partial charge in [0.1, 0.15) is 19.3 Å². The van der Waals surface area contributed by atoms with Gasteiger partial charge < -0.3 is 14.7 Å². The Morgan fingerprint density at radius 1 is 1.36 bits per heavy atom. The van der Waals surface area contributed by atoms with Crippen LogP contribution in [0, 0.1) is 11.8 Å². The number of fused-ring (bicyclic) bond motifs is 1. The number of halogens is 2. The van der Waals surface area contributed by atoms with Crippen molar-refractivity contribution in [2.45, 2.75) is 24.8 Å². The third-order valence-corrected chi connectivity index (χ3v) is 5.13. The molecule has 1 unspecified atom stereocenters. The first kappa shape index (κ1) is 23.9. The highest BCUT2D eigenvalue weighted by Crippen LogP contribution is 2.24. The van der Waals surface area contributed by atoms with Crippen LogP contribution in [0.5, 0.6) is 0 Å². The van der Waals surface area contributed by atoms with E-state index in [2.05, 4.69) is 17.2 Å². The molecule has 0 saturated carbocycles. The number of hydrogen-bond donors (Lipinski definition) is 2. The molecule has 1 aliphatic rings. The van der Waals surface area contributed by atoms with Gasteiger partial charge in [-0.2, -0.15) is 0 Å². The fourth-order valence-corrected chi connectivity index (χ4v) is 3.61. The monoisotopic (exact) mass is 464 g/mol. The number of carbonyl (C=O) groups excluding carboxylic acids is 2. The summed E-state index contributed by atoms with van der Waals surface area (Å²) in [4.78, 5) is 47.7. The summed E-state index contributed by atoms with van der Waals surface area (Å²) in [6.45, 7) is -2.36. The number of ether oxygens (including phenoxy) is 1. The third kappa shape index (κ3) is 5.20. The summed E-state index contributed by atoms with van der Waals surface area (Å²) in [6, 6.07) is 4.10. The number of carboxylic acid groups (broad SMARTS) is 1. The number of alkyl halides is 2. The number of nitrogens with one attached hydrogen (secondary N) is 1. The zero-order chi connectivity index (χ0) is 24.3. The van der Waals surface area contributed by atoms with E-state index in [9.17, 15) is 28.0 Å². The Morgan fingerprint density at radius 2 is 2.09 bits per heavy atom. The second-order valence-electron chi connectivity index (χ2n) is 7.64. The van der Waals surface area contributed by atoms with Crippen LogP contribution in [0.3, 0.4) is 0 Å². The number of rotatable bonds is 6. The lowest BCUT2D eigenvalue weighted by atomic mass is 10.1. The van der Waals surface area contributed by atoms with Crippen LogP contribution in [0.2, 0.25) is 0 Å². The Kier molecular flexibility index (Phi) is 6.83. The van der Waals surface area contributed by atoms with Gasteiger partial charge >= 0.3 is 11.8 Å². The molecule has 1 saturated heterocycles. The van der Waals surface area contributed by atoms with Gasteiger partial charge in [-0.3, -0.25) is 24.0 Å². The number of benzene rings is 1. The van der Waals surface area contributed by atoms with E-state index in [-0.39, 0.29) is 19.4 Å². The highest BCUT2D eigenvalue weighted by molar-refractivity contribution is 6.00. The van der Waals surface area contributed by atoms with E-state index >= 15 is 0 Å². The Balaban J connectivity index is 1.78. The largest absolute Gasteiger partial charge is 0.465 e. The van der Waals surface area contributed by atoms with Crippen molar-refractivity contribution in [3.05, 3.63) is 34.2 Å². The fraction of sp³-hybridized carbons (Fsp3) is 0.429. The van der Waals surface area contributed by atoms with Gasteiger partial charge in [-0.25, -0.2) is 18.4 Å². The molecule has 1 fully saturated rings. The van der Waals surface area contributed by atoms with E-state index in [1.165, 1.54) is 16.2 Å². The van der Waals surface area contributed by atoms with Crippen LogP contribution in [0.15, 0.2) is 23.0 Å². The average Bonchev–Trinajstić information content (AvgIpc) is 2.98. The Hall–Kier alpha value is -3.72. The molecule has 176 valence electrons. The average molecular weight is 464 g/mol. The Labute approximate surface area is 186 Å². The second-order valence-corrected chi connectivity index (χ2v) is 7.64. The predicted octanol–water partition coefficient (Wildman–Crippen LogP) is 0.931. The summed E-state index contributed by atoms with van der Waals surface area (Å²) in [5.74, 6) is 1.07. The molecule has 2 N–H and O–H groups in total. The summed E-state index contributed by atoms with van der Waals surface area (Å²) in [5.41, 5.74) is 0.882. The molecule has 12 heteroatoms. The lowest BCUT2D eigenvalue weighted by Crippen LogP contribution is -2.44. The van der Waals surface area contributed by atoms with E-state index in [1.807, 2.05) is 0 Å². The molecule has 1 aromatic carbocycles. The van der Waals surface area contributed by atoms with E-state index in [0.717, 1.165) is 7.05 Å². The van der Waals surface area contributed by atoms with Crippen LogP contribution in [0.25, 0.3) is 11.0 Å². The molecule has 0 bridgehead atoms. The number of amides is 3. The van der Waals surface area contributed by atoms with E-state index in [0.29, 0.717) is 21.5 Å². The molecule has 1 atom stereocenters. The van der Waals surface area contributed by atoms with Crippen LogP contribution in [0.1, 0.15) is 24.4 Å². The standard InChI is InChI=1S/C21H22F2N4O6/c1-25(20(31)32)11-21(22,23)12-33-10-4-6-13-5-3-7-14-17(13)26(2)19(30)27(14)15-8-9-16(28)24-18(15)29/h3,5,7,15H,8-12H2,1-2H3,(H,31,32)(H,24,28,29). The first-order valence-electron chi connectivity index (χ1n) is 9.94. The molecule has 1 aromatic heterocycles. The smallest absolute Gasteiger partial charge is 0.407 e. The molecular formula is C21H22F2N4O6. The molecule has 3 amide bonds. The summed E-state index contributed by atoms with van der Waals surface area (Å²) in [5, 5.41) is 10.9. The molecule has 2 heterocycles. The van der Waals surface area contributed by atoms with Crippen LogP contribution >= 0.6 is 0 Å². The zero-order valence-electron chi connectivity index (χ0n) is 17.9. The number of nitrogens with zero attached hydrogens (tertiary/aromatic N) is 3. The zero-order valence-corrected chi connectivity index (χ0v) is 17.9. The maximum Gasteiger partial charge on any atom is 0.407 e. The Bertz CT molecular complexity index is 1220. The van der Waals surface area contributed by atoms with Gasteiger partial charge in [0.2, 0.25) is 11.8 Å². The highest BCUT2D eigenvalue weighted by Gasteiger charge is 2.33. The van der Waals surface area contributed by atoms with Crippen LogP contribution < -0.4 is 11.0 Å². The molecule has 1 aliphatic heterocycles. The maximum absolute atomic E-state index is 13.8. The van der Waals surface area contributed by atoms with E-state index in [1.54, 1.807) is 18.2 Å². The van der Waals surface area contributed by atoms with Gasteiger partial charge in [0.05, 0.1) is 23.1 Å². The van der Waals surface area contributed by atoms with Crippen molar-refractivity contribution < 1.29 is 33.0 Å². The van der Waals surface area contributed by atoms with Crippen molar-refractivity contribution in [3.63, 3.8) is 0 Å². The topological polar surface area (TPSA) is 123 Å². The van der Waals surface area contributed by atoms with Gasteiger partial charge in [0.15, 0.2) is 0 Å². The lowest BCUT2D eigenvalue weighted by Gasteiger charge is -2.21. The molecule has 0 radical (unpaired) electrons. The van der Waals surface area contributed by atoms with Crippen molar-refractivity contribution in [1.82, 2.24) is 19.4 Å². The number of carbonyl (C=O) groups is 3. The summed E-state index contributed by atoms with van der Waals surface area (Å²) in [6.07, 6.45) is -1.17. The number of hydrogen-bond acceptors (Lipinski definition) is 5. The van der Waals surface area contributed by atoms with Gasteiger partial charge in [0.25, 0.3) is 5.92 Å². The molecule has 33 heavy (non-hydrogen) atoms. The normalized spacial score (nSPS) is 16.3. The fourth-order valence-electron chi connectivity index (χ4n) is 3.61. The van der Waals surface area contributed by atoms with Gasteiger partial charge in [0, 0.05) is 20.5 Å². The summed E-state index contributed by atoms with van der Waals surface area (Å²) < 4.78 is 35.0. The molecule has 10 nitrogen and oxygen atoms in total. The highest BCUT2D eigenvalue weighted by atomic mass is 19.3. The lowest BCUT2D eigenvalue weighted by molar-refractivity contribution is -0.135. The number of imidazole rings is 1. The Morgan fingerprint density at radius 3 is 2.76 bits per heavy atom. The molecular weight excluding hydrogens is 442 g/mol. The van der Waals surface area contributed by atoms with Crippen molar-refractivity contribution >= 4 is 28.9 Å². The number of imide groups is 1. The van der Waals surface area contributed by atoms with Gasteiger partial charge in [-0.05, 0) is 18.6 Å². The first-order chi connectivity index (χ1) is 15.5. The minimum absolute atomic E-state index is 0.114. The summed E-state index contributed by atoms with van der Waals surface area (Å²) >= 11 is 0. The first-order valence-corrected chi connectivity index (χ1v) is 9.94. The van der Waals surface area contributed by atoms with Gasteiger partial charge in [-0.1, -0.05) is 17.9 Å². The van der Waals surface area contributed by atoms with Crippen molar-refractivity contribution in [2.24, 2.45) is 7.05 Å². The molecule has 0 aliphatic carbocycles. The van der Waals surface area contributed by atoms with Crippen molar-refractivity contribution in [2.75, 3.05) is 26.8 Å².